The summed E-state index contributed by atoms with van der Waals surface area (Å²) in [5.41, 5.74) is 4.07. The van der Waals surface area contributed by atoms with Gasteiger partial charge in [0.05, 0.1) is 35.5 Å². The van der Waals surface area contributed by atoms with Gasteiger partial charge in [0, 0.05) is 34.7 Å². The summed E-state index contributed by atoms with van der Waals surface area (Å²) >= 11 is 0. The highest BCUT2D eigenvalue weighted by Gasteiger charge is 2.31. The molecule has 4 heterocycles. The molecule has 0 aliphatic carbocycles. The summed E-state index contributed by atoms with van der Waals surface area (Å²) in [6.45, 7) is 9.29. The minimum absolute atomic E-state index is 0.105. The topological polar surface area (TPSA) is 128 Å². The summed E-state index contributed by atoms with van der Waals surface area (Å²) in [5.74, 6) is -0.648. The number of H-pyrrole nitrogens is 1. The standard InChI is InChI=1S/C30H33N5O5/c1-6-25(39-28(37)23(12-20-14-31-16-32-20)34-29(38)40-30(3,4)5)21-13-24-26-19(15-35(24)27(36)17(21)2)11-18-9-7-8-10-22(18)33-26/h7-11,13-14,16,23,25H,6,12,15H2,1-5H3,(H,31,32)(H,34,38)/t23-,25+/m0/s1. The number of nitrogens with zero attached hydrogens (tertiary/aromatic N) is 3. The number of fused-ring (bicyclic) bond motifs is 4. The minimum atomic E-state index is -1.04. The Morgan fingerprint density at radius 1 is 1.20 bits per heavy atom. The lowest BCUT2D eigenvalue weighted by Gasteiger charge is -2.25. The van der Waals surface area contributed by atoms with Crippen LogP contribution >= 0.6 is 0 Å². The zero-order valence-electron chi connectivity index (χ0n) is 23.3. The van der Waals surface area contributed by atoms with Crippen LogP contribution in [0, 0.1) is 6.92 Å². The van der Waals surface area contributed by atoms with Crippen molar-refractivity contribution < 1.29 is 19.1 Å². The Labute approximate surface area is 231 Å². The lowest BCUT2D eigenvalue weighted by atomic mass is 10.0. The van der Waals surface area contributed by atoms with E-state index >= 15 is 0 Å². The Morgan fingerprint density at radius 3 is 2.67 bits per heavy atom. The molecule has 1 aliphatic rings. The summed E-state index contributed by atoms with van der Waals surface area (Å²) < 4.78 is 13.0. The predicted octanol–water partition coefficient (Wildman–Crippen LogP) is 4.59. The van der Waals surface area contributed by atoms with Gasteiger partial charge < -0.3 is 24.3 Å². The zero-order valence-corrected chi connectivity index (χ0v) is 23.3. The van der Waals surface area contributed by atoms with Crippen molar-refractivity contribution >= 4 is 23.0 Å². The third kappa shape index (κ3) is 5.47. The largest absolute Gasteiger partial charge is 0.456 e. The molecule has 0 bridgehead atoms. The molecular formula is C30H33N5O5. The monoisotopic (exact) mass is 543 g/mol. The van der Waals surface area contributed by atoms with E-state index in [1.807, 2.05) is 37.3 Å². The molecule has 2 atom stereocenters. The third-order valence-electron chi connectivity index (χ3n) is 6.88. The maximum Gasteiger partial charge on any atom is 0.408 e. The molecule has 1 aliphatic heterocycles. The Hall–Kier alpha value is -4.47. The fourth-order valence-electron chi connectivity index (χ4n) is 4.97. The van der Waals surface area contributed by atoms with Gasteiger partial charge in [-0.2, -0.15) is 0 Å². The number of carbonyl (C=O) groups excluding carboxylic acids is 2. The van der Waals surface area contributed by atoms with Gasteiger partial charge in [0.1, 0.15) is 17.7 Å². The van der Waals surface area contributed by atoms with Crippen molar-refractivity contribution in [1.82, 2.24) is 24.8 Å². The van der Waals surface area contributed by atoms with Crippen molar-refractivity contribution in [2.45, 2.75) is 71.8 Å². The van der Waals surface area contributed by atoms with E-state index in [4.69, 9.17) is 14.5 Å². The van der Waals surface area contributed by atoms with Crippen LogP contribution in [0.5, 0.6) is 0 Å². The maximum atomic E-state index is 13.5. The van der Waals surface area contributed by atoms with Gasteiger partial charge in [0.2, 0.25) is 0 Å². The fraction of sp³-hybridized carbons (Fsp3) is 0.367. The molecule has 0 saturated heterocycles. The first-order valence-electron chi connectivity index (χ1n) is 13.3. The third-order valence-corrected chi connectivity index (χ3v) is 6.88. The quantitative estimate of drug-likeness (QED) is 0.287. The number of hydrogen-bond acceptors (Lipinski definition) is 7. The molecule has 0 unspecified atom stereocenters. The second-order valence-electron chi connectivity index (χ2n) is 11.0. The Balaban J connectivity index is 1.45. The van der Waals surface area contributed by atoms with Gasteiger partial charge in [0.25, 0.3) is 5.56 Å². The van der Waals surface area contributed by atoms with E-state index in [-0.39, 0.29) is 12.0 Å². The molecule has 208 valence electrons. The van der Waals surface area contributed by atoms with Gasteiger partial charge >= 0.3 is 12.1 Å². The Morgan fingerprint density at radius 2 is 1.98 bits per heavy atom. The van der Waals surface area contributed by atoms with E-state index in [0.29, 0.717) is 35.5 Å². The SMILES string of the molecule is CC[C@@H](OC(=O)[C@H](Cc1c[nH]cn1)NC(=O)OC(C)(C)C)c1cc2n(c(=O)c1C)Cc1cc3ccccc3nc1-2. The minimum Gasteiger partial charge on any atom is -0.456 e. The molecule has 10 heteroatoms. The van der Waals surface area contributed by atoms with Crippen LogP contribution < -0.4 is 10.9 Å². The normalized spacial score (nSPS) is 13.8. The number of rotatable bonds is 7. The van der Waals surface area contributed by atoms with Gasteiger partial charge in [0.15, 0.2) is 0 Å². The number of alkyl carbamates (subject to hydrolysis) is 1. The van der Waals surface area contributed by atoms with Crippen molar-refractivity contribution in [3.63, 3.8) is 0 Å². The summed E-state index contributed by atoms with van der Waals surface area (Å²) in [5, 5.41) is 3.64. The maximum absolute atomic E-state index is 13.5. The lowest BCUT2D eigenvalue weighted by molar-refractivity contribution is -0.152. The molecule has 3 aromatic heterocycles. The number of benzene rings is 1. The fourth-order valence-corrected chi connectivity index (χ4v) is 4.97. The first kappa shape index (κ1) is 27.1. The average molecular weight is 544 g/mol. The number of carbonyl (C=O) groups is 2. The highest BCUT2D eigenvalue weighted by atomic mass is 16.6. The summed E-state index contributed by atoms with van der Waals surface area (Å²) in [6, 6.07) is 10.8. The first-order chi connectivity index (χ1) is 19.0. The zero-order chi connectivity index (χ0) is 28.6. The molecule has 0 radical (unpaired) electrons. The van der Waals surface area contributed by atoms with Gasteiger partial charge in [-0.25, -0.2) is 19.6 Å². The Kier molecular flexibility index (Phi) is 7.18. The van der Waals surface area contributed by atoms with E-state index < -0.39 is 29.8 Å². The van der Waals surface area contributed by atoms with Crippen LogP contribution in [0.2, 0.25) is 0 Å². The van der Waals surface area contributed by atoms with Crippen LogP contribution in [0.1, 0.15) is 62.6 Å². The average Bonchev–Trinajstić information content (AvgIpc) is 3.54. The van der Waals surface area contributed by atoms with Crippen LogP contribution in [0.3, 0.4) is 0 Å². The number of nitrogens with one attached hydrogen (secondary N) is 2. The molecule has 0 saturated carbocycles. The van der Waals surface area contributed by atoms with Crippen molar-refractivity contribution in [2.24, 2.45) is 0 Å². The molecule has 0 fully saturated rings. The van der Waals surface area contributed by atoms with Gasteiger partial charge in [-0.15, -0.1) is 0 Å². The van der Waals surface area contributed by atoms with Crippen molar-refractivity contribution in [2.75, 3.05) is 0 Å². The van der Waals surface area contributed by atoms with Crippen LogP contribution in [-0.4, -0.2) is 43.2 Å². The lowest BCUT2D eigenvalue weighted by Crippen LogP contribution is -2.46. The number of esters is 1. The van der Waals surface area contributed by atoms with E-state index in [9.17, 15) is 14.4 Å². The van der Waals surface area contributed by atoms with Crippen molar-refractivity contribution in [3.05, 3.63) is 81.7 Å². The number of ether oxygens (including phenoxy) is 2. The highest BCUT2D eigenvalue weighted by molar-refractivity contribution is 5.84. The molecule has 1 amide bonds. The van der Waals surface area contributed by atoms with Gasteiger partial charge in [-0.3, -0.25) is 4.79 Å². The smallest absolute Gasteiger partial charge is 0.408 e. The van der Waals surface area contributed by atoms with E-state index in [0.717, 1.165) is 22.2 Å². The second kappa shape index (κ2) is 10.6. The number of aromatic nitrogens is 4. The number of amides is 1. The summed E-state index contributed by atoms with van der Waals surface area (Å²) in [6.07, 6.45) is 2.23. The van der Waals surface area contributed by atoms with Crippen LogP contribution in [-0.2, 0) is 27.2 Å². The first-order valence-corrected chi connectivity index (χ1v) is 13.3. The second-order valence-corrected chi connectivity index (χ2v) is 11.0. The molecule has 5 rings (SSSR count). The number of para-hydroxylation sites is 1. The van der Waals surface area contributed by atoms with E-state index in [1.54, 1.807) is 38.5 Å². The molecule has 1 aromatic carbocycles. The highest BCUT2D eigenvalue weighted by Crippen LogP contribution is 2.35. The predicted molar refractivity (Wildman–Crippen MR) is 150 cm³/mol. The summed E-state index contributed by atoms with van der Waals surface area (Å²) in [4.78, 5) is 51.4. The van der Waals surface area contributed by atoms with Crippen LogP contribution in [0.25, 0.3) is 22.3 Å². The number of aromatic amines is 1. The molecule has 0 spiro atoms. The summed E-state index contributed by atoms with van der Waals surface area (Å²) in [7, 11) is 0. The molecule has 40 heavy (non-hydrogen) atoms. The number of imidazole rings is 1. The number of pyridine rings is 2. The van der Waals surface area contributed by atoms with Crippen LogP contribution in [0.15, 0.2) is 53.7 Å². The van der Waals surface area contributed by atoms with Crippen molar-refractivity contribution in [1.29, 1.82) is 0 Å². The molecular weight excluding hydrogens is 510 g/mol. The molecule has 4 aromatic rings. The molecule has 2 N–H and O–H groups in total. The van der Waals surface area contributed by atoms with Crippen LogP contribution in [0.4, 0.5) is 4.79 Å². The van der Waals surface area contributed by atoms with E-state index in [2.05, 4.69) is 21.4 Å². The van der Waals surface area contributed by atoms with Crippen molar-refractivity contribution in [3.8, 4) is 11.4 Å². The molecule has 10 nitrogen and oxygen atoms in total. The van der Waals surface area contributed by atoms with E-state index in [1.165, 1.54) is 6.33 Å². The van der Waals surface area contributed by atoms with Gasteiger partial charge in [-0.05, 0) is 52.3 Å². The van der Waals surface area contributed by atoms with Gasteiger partial charge in [-0.1, -0.05) is 25.1 Å². The number of hydrogen-bond donors (Lipinski definition) is 2. The Bertz CT molecular complexity index is 1630.